The van der Waals surface area contributed by atoms with Gasteiger partial charge in [-0.1, -0.05) is 11.8 Å². The molecule has 1 aliphatic rings. The summed E-state index contributed by atoms with van der Waals surface area (Å²) < 4.78 is 0. The first-order chi connectivity index (χ1) is 8.25. The third-order valence-electron chi connectivity index (χ3n) is 2.47. The Morgan fingerprint density at radius 2 is 2.18 bits per heavy atom. The molecule has 2 rings (SSSR count). The van der Waals surface area contributed by atoms with Crippen LogP contribution in [0.25, 0.3) is 0 Å². The minimum Gasteiger partial charge on any atom is -0.339 e. The molecular weight excluding hydrogens is 240 g/mol. The normalized spacial score (nSPS) is 15.9. The van der Waals surface area contributed by atoms with Gasteiger partial charge >= 0.3 is 0 Å². The van der Waals surface area contributed by atoms with Crippen molar-refractivity contribution in [1.29, 1.82) is 0 Å². The molecule has 1 aromatic heterocycles. The van der Waals surface area contributed by atoms with Crippen LogP contribution in [0.15, 0.2) is 22.0 Å². The fourth-order valence-corrected chi connectivity index (χ4v) is 2.28. The number of amides is 1. The van der Waals surface area contributed by atoms with Crippen molar-refractivity contribution in [3.63, 3.8) is 0 Å². The van der Waals surface area contributed by atoms with Crippen LogP contribution in [0.2, 0.25) is 0 Å². The molecule has 0 spiro atoms. The molecule has 2 heterocycles. The minimum absolute atomic E-state index is 0.115. The van der Waals surface area contributed by atoms with Crippen LogP contribution in [0.4, 0.5) is 0 Å². The molecule has 1 aromatic rings. The molecule has 0 aromatic carbocycles. The summed E-state index contributed by atoms with van der Waals surface area (Å²) in [5, 5.41) is 10.0. The lowest BCUT2D eigenvalue weighted by molar-refractivity contribution is -0.128. The number of H-pyrrole nitrogens is 1. The molecule has 1 fully saturated rings. The molecular formula is C10H14N4O2S. The Morgan fingerprint density at radius 1 is 1.41 bits per heavy atom. The van der Waals surface area contributed by atoms with Crippen molar-refractivity contribution in [3.05, 3.63) is 22.5 Å². The van der Waals surface area contributed by atoms with Crippen molar-refractivity contribution in [3.8, 4) is 0 Å². The highest BCUT2D eigenvalue weighted by Crippen LogP contribution is 2.13. The van der Waals surface area contributed by atoms with E-state index >= 15 is 0 Å². The number of hydrogen-bond donors (Lipinski definition) is 2. The second-order valence-electron chi connectivity index (χ2n) is 3.68. The van der Waals surface area contributed by atoms with E-state index in [1.165, 1.54) is 17.8 Å². The quantitative estimate of drug-likeness (QED) is 0.697. The van der Waals surface area contributed by atoms with E-state index in [2.05, 4.69) is 15.5 Å². The molecule has 0 atom stereocenters. The average molecular weight is 254 g/mol. The van der Waals surface area contributed by atoms with Crippen LogP contribution >= 0.6 is 11.8 Å². The van der Waals surface area contributed by atoms with E-state index in [0.717, 1.165) is 26.2 Å². The Morgan fingerprint density at radius 3 is 2.82 bits per heavy atom. The number of carbonyl (C=O) groups excluding carboxylic acids is 1. The van der Waals surface area contributed by atoms with Gasteiger partial charge in [0.05, 0.1) is 5.75 Å². The summed E-state index contributed by atoms with van der Waals surface area (Å²) in [6.45, 7) is 3.23. The lowest BCUT2D eigenvalue weighted by atomic mass is 10.3. The Balaban J connectivity index is 1.83. The van der Waals surface area contributed by atoms with Crippen LogP contribution in [0.1, 0.15) is 0 Å². The van der Waals surface area contributed by atoms with E-state index in [0.29, 0.717) is 10.8 Å². The van der Waals surface area contributed by atoms with Gasteiger partial charge in [0.2, 0.25) is 5.91 Å². The Labute approximate surface area is 103 Å². The largest absolute Gasteiger partial charge is 0.339 e. The van der Waals surface area contributed by atoms with Crippen molar-refractivity contribution in [1.82, 2.24) is 20.4 Å². The highest BCUT2D eigenvalue weighted by atomic mass is 32.2. The van der Waals surface area contributed by atoms with Gasteiger partial charge in [-0.2, -0.15) is 5.10 Å². The minimum atomic E-state index is -0.234. The van der Waals surface area contributed by atoms with Gasteiger partial charge in [0.25, 0.3) is 5.56 Å². The number of nitrogens with zero attached hydrogens (tertiary/aromatic N) is 2. The molecule has 92 valence electrons. The van der Waals surface area contributed by atoms with E-state index in [9.17, 15) is 9.59 Å². The zero-order valence-corrected chi connectivity index (χ0v) is 10.1. The molecule has 1 amide bonds. The number of carbonyl (C=O) groups is 1. The lowest BCUT2D eigenvalue weighted by Gasteiger charge is -2.27. The van der Waals surface area contributed by atoms with Gasteiger partial charge in [0.1, 0.15) is 5.03 Å². The summed E-state index contributed by atoms with van der Waals surface area (Å²) in [6.07, 6.45) is 0. The Kier molecular flexibility index (Phi) is 4.16. The predicted octanol–water partition coefficient (Wildman–Crippen LogP) is -0.706. The zero-order valence-electron chi connectivity index (χ0n) is 9.31. The summed E-state index contributed by atoms with van der Waals surface area (Å²) in [6, 6.07) is 3.03. The summed E-state index contributed by atoms with van der Waals surface area (Å²) in [5.74, 6) is 0.475. The smallest absolute Gasteiger partial charge is 0.264 e. The molecule has 6 nitrogen and oxygen atoms in total. The molecule has 1 aliphatic heterocycles. The third-order valence-corrected chi connectivity index (χ3v) is 3.38. The Bertz CT molecular complexity index is 422. The second kappa shape index (κ2) is 5.83. The number of aromatic amines is 1. The summed E-state index contributed by atoms with van der Waals surface area (Å²) >= 11 is 1.34. The molecule has 2 N–H and O–H groups in total. The number of hydrogen-bond acceptors (Lipinski definition) is 5. The maximum Gasteiger partial charge on any atom is 0.264 e. The standard InChI is InChI=1S/C10H14N4O2S/c15-8-1-2-9(13-12-8)17-7-10(16)14-5-3-11-4-6-14/h1-2,11H,3-7H2,(H,12,15). The molecule has 0 bridgehead atoms. The van der Waals surface area contributed by atoms with Crippen LogP contribution in [-0.2, 0) is 4.79 Å². The highest BCUT2D eigenvalue weighted by molar-refractivity contribution is 7.99. The summed E-state index contributed by atoms with van der Waals surface area (Å²) in [4.78, 5) is 24.5. The number of thioether (sulfide) groups is 1. The highest BCUT2D eigenvalue weighted by Gasteiger charge is 2.16. The van der Waals surface area contributed by atoms with Crippen LogP contribution in [-0.4, -0.2) is 52.9 Å². The van der Waals surface area contributed by atoms with Gasteiger partial charge in [-0.05, 0) is 6.07 Å². The molecule has 0 saturated carbocycles. The van der Waals surface area contributed by atoms with Crippen LogP contribution in [0, 0.1) is 0 Å². The van der Waals surface area contributed by atoms with Crippen molar-refractivity contribution in [2.45, 2.75) is 5.03 Å². The van der Waals surface area contributed by atoms with E-state index in [4.69, 9.17) is 0 Å². The predicted molar refractivity (Wildman–Crippen MR) is 65.0 cm³/mol. The topological polar surface area (TPSA) is 78.1 Å². The monoisotopic (exact) mass is 254 g/mol. The summed E-state index contributed by atoms with van der Waals surface area (Å²) in [5.41, 5.74) is -0.234. The van der Waals surface area contributed by atoms with Crippen molar-refractivity contribution < 1.29 is 4.79 Å². The van der Waals surface area contributed by atoms with Gasteiger partial charge < -0.3 is 10.2 Å². The van der Waals surface area contributed by atoms with Crippen molar-refractivity contribution in [2.24, 2.45) is 0 Å². The molecule has 17 heavy (non-hydrogen) atoms. The maximum atomic E-state index is 11.8. The maximum absolute atomic E-state index is 11.8. The fraction of sp³-hybridized carbons (Fsp3) is 0.500. The average Bonchev–Trinajstić information content (AvgIpc) is 2.39. The first-order valence-electron chi connectivity index (χ1n) is 5.43. The number of piperazine rings is 1. The zero-order chi connectivity index (χ0) is 12.1. The van der Waals surface area contributed by atoms with Crippen LogP contribution < -0.4 is 10.9 Å². The molecule has 7 heteroatoms. The van der Waals surface area contributed by atoms with E-state index in [-0.39, 0.29) is 11.5 Å². The molecule has 0 aliphatic carbocycles. The van der Waals surface area contributed by atoms with Crippen molar-refractivity contribution >= 4 is 17.7 Å². The molecule has 0 unspecified atom stereocenters. The van der Waals surface area contributed by atoms with Gasteiger partial charge in [-0.15, -0.1) is 0 Å². The van der Waals surface area contributed by atoms with Gasteiger partial charge in [-0.25, -0.2) is 5.10 Å². The van der Waals surface area contributed by atoms with E-state index in [1.54, 1.807) is 6.07 Å². The second-order valence-corrected chi connectivity index (χ2v) is 4.67. The Hall–Kier alpha value is -1.34. The number of rotatable bonds is 3. The van der Waals surface area contributed by atoms with Crippen LogP contribution in [0.3, 0.4) is 0 Å². The van der Waals surface area contributed by atoms with E-state index in [1.807, 2.05) is 4.90 Å². The summed E-state index contributed by atoms with van der Waals surface area (Å²) in [7, 11) is 0. The number of aromatic nitrogens is 2. The van der Waals surface area contributed by atoms with Crippen molar-refractivity contribution in [2.75, 3.05) is 31.9 Å². The molecule has 0 radical (unpaired) electrons. The molecule has 1 saturated heterocycles. The first kappa shape index (κ1) is 12.1. The van der Waals surface area contributed by atoms with E-state index < -0.39 is 0 Å². The SMILES string of the molecule is O=C(CSc1ccc(=O)[nH]n1)N1CCNCC1. The first-order valence-corrected chi connectivity index (χ1v) is 6.41. The van der Waals surface area contributed by atoms with Crippen LogP contribution in [0.5, 0.6) is 0 Å². The van der Waals surface area contributed by atoms with Gasteiger partial charge in [-0.3, -0.25) is 9.59 Å². The third kappa shape index (κ3) is 3.57. The fourth-order valence-electron chi connectivity index (χ4n) is 1.55. The van der Waals surface area contributed by atoms with Gasteiger partial charge in [0, 0.05) is 32.2 Å². The van der Waals surface area contributed by atoms with Gasteiger partial charge in [0.15, 0.2) is 0 Å². The number of nitrogens with one attached hydrogen (secondary N) is 2. The lowest BCUT2D eigenvalue weighted by Crippen LogP contribution is -2.47.